The molecule has 0 radical (unpaired) electrons. The molecule has 1 saturated heterocycles. The van der Waals surface area contributed by atoms with E-state index < -0.39 is 0 Å². The van der Waals surface area contributed by atoms with Gasteiger partial charge in [0.2, 0.25) is 11.7 Å². The average Bonchev–Trinajstić information content (AvgIpc) is 3.08. The van der Waals surface area contributed by atoms with Gasteiger partial charge in [0.1, 0.15) is 0 Å². The van der Waals surface area contributed by atoms with E-state index in [1.54, 1.807) is 0 Å². The Morgan fingerprint density at radius 1 is 1.45 bits per heavy atom. The predicted octanol–water partition coefficient (Wildman–Crippen LogP) is 2.17. The number of hydrogen-bond acceptors (Lipinski definition) is 5. The number of aromatic nitrogens is 2. The summed E-state index contributed by atoms with van der Waals surface area (Å²) < 4.78 is 5.31. The van der Waals surface area contributed by atoms with Crippen LogP contribution in [0.25, 0.3) is 11.4 Å². The van der Waals surface area contributed by atoms with Gasteiger partial charge in [-0.15, -0.1) is 0 Å². The van der Waals surface area contributed by atoms with Gasteiger partial charge in [0.15, 0.2) is 0 Å². The quantitative estimate of drug-likeness (QED) is 0.935. The topological polar surface area (TPSA) is 68.2 Å². The Balaban J connectivity index is 1.68. The van der Waals surface area contributed by atoms with E-state index >= 15 is 0 Å². The summed E-state index contributed by atoms with van der Waals surface area (Å²) in [7, 11) is 0. The average molecular weight is 293 g/mol. The third-order valence-corrected chi connectivity index (χ3v) is 3.85. The zero-order valence-electron chi connectivity index (χ0n) is 11.1. The molecule has 1 aliphatic rings. The number of nitrogens with two attached hydrogens (primary N) is 1. The van der Waals surface area contributed by atoms with Crippen LogP contribution in [0.1, 0.15) is 12.3 Å². The van der Waals surface area contributed by atoms with Gasteiger partial charge in [-0.2, -0.15) is 4.98 Å². The highest BCUT2D eigenvalue weighted by molar-refractivity contribution is 6.30. The summed E-state index contributed by atoms with van der Waals surface area (Å²) >= 11 is 5.96. The van der Waals surface area contributed by atoms with Gasteiger partial charge in [-0.3, -0.25) is 4.90 Å². The molecule has 106 valence electrons. The van der Waals surface area contributed by atoms with E-state index in [4.69, 9.17) is 21.9 Å². The Hall–Kier alpha value is -1.43. The molecule has 20 heavy (non-hydrogen) atoms. The van der Waals surface area contributed by atoms with Crippen LogP contribution in [0.5, 0.6) is 0 Å². The van der Waals surface area contributed by atoms with Crippen LogP contribution in [0, 0.1) is 5.92 Å². The van der Waals surface area contributed by atoms with Gasteiger partial charge in [-0.05, 0) is 37.6 Å². The van der Waals surface area contributed by atoms with Crippen LogP contribution in [0.15, 0.2) is 28.8 Å². The molecule has 2 N–H and O–H groups in total. The molecule has 1 atom stereocenters. The van der Waals surface area contributed by atoms with Crippen molar-refractivity contribution in [3.05, 3.63) is 35.2 Å². The molecule has 1 aromatic heterocycles. The maximum atomic E-state index is 5.96. The molecule has 2 heterocycles. The fourth-order valence-corrected chi connectivity index (χ4v) is 2.69. The van der Waals surface area contributed by atoms with Crippen molar-refractivity contribution in [1.29, 1.82) is 0 Å². The zero-order valence-corrected chi connectivity index (χ0v) is 11.9. The summed E-state index contributed by atoms with van der Waals surface area (Å²) in [6.45, 7) is 3.47. The monoisotopic (exact) mass is 292 g/mol. The molecule has 1 fully saturated rings. The highest BCUT2D eigenvalue weighted by atomic mass is 35.5. The first-order valence-electron chi connectivity index (χ1n) is 6.75. The van der Waals surface area contributed by atoms with Gasteiger partial charge in [0, 0.05) is 17.1 Å². The van der Waals surface area contributed by atoms with Gasteiger partial charge < -0.3 is 10.3 Å². The van der Waals surface area contributed by atoms with Gasteiger partial charge >= 0.3 is 0 Å². The second-order valence-corrected chi connectivity index (χ2v) is 5.58. The van der Waals surface area contributed by atoms with Crippen LogP contribution in [-0.2, 0) is 6.54 Å². The Kier molecular flexibility index (Phi) is 4.00. The van der Waals surface area contributed by atoms with Crippen molar-refractivity contribution in [2.75, 3.05) is 19.6 Å². The summed E-state index contributed by atoms with van der Waals surface area (Å²) in [6.07, 6.45) is 1.14. The van der Waals surface area contributed by atoms with Crippen molar-refractivity contribution >= 4 is 11.6 Å². The van der Waals surface area contributed by atoms with E-state index in [9.17, 15) is 0 Å². The number of halogens is 1. The van der Waals surface area contributed by atoms with E-state index in [2.05, 4.69) is 15.0 Å². The molecule has 0 saturated carbocycles. The molecule has 2 aromatic rings. The number of hydrogen-bond donors (Lipinski definition) is 1. The van der Waals surface area contributed by atoms with Crippen LogP contribution < -0.4 is 5.73 Å². The fourth-order valence-electron chi connectivity index (χ4n) is 2.50. The molecule has 6 heteroatoms. The van der Waals surface area contributed by atoms with E-state index in [1.807, 2.05) is 24.3 Å². The van der Waals surface area contributed by atoms with E-state index in [1.165, 1.54) is 0 Å². The first-order valence-corrected chi connectivity index (χ1v) is 7.13. The molecule has 0 bridgehead atoms. The third kappa shape index (κ3) is 3.00. The maximum Gasteiger partial charge on any atom is 0.241 e. The van der Waals surface area contributed by atoms with Gasteiger partial charge in [0.05, 0.1) is 6.54 Å². The van der Waals surface area contributed by atoms with Crippen molar-refractivity contribution in [1.82, 2.24) is 15.0 Å². The normalized spacial score (nSPS) is 19.6. The number of nitrogens with zero attached hydrogens (tertiary/aromatic N) is 3. The van der Waals surface area contributed by atoms with Crippen molar-refractivity contribution in [2.24, 2.45) is 11.7 Å². The molecule has 0 aliphatic carbocycles. The minimum absolute atomic E-state index is 0.581. The van der Waals surface area contributed by atoms with Crippen molar-refractivity contribution in [3.8, 4) is 11.4 Å². The van der Waals surface area contributed by atoms with Gasteiger partial charge in [-0.1, -0.05) is 28.9 Å². The Bertz CT molecular complexity index is 586. The lowest BCUT2D eigenvalue weighted by Gasteiger charge is -2.12. The number of benzene rings is 1. The molecule has 3 rings (SSSR count). The van der Waals surface area contributed by atoms with Crippen molar-refractivity contribution in [3.63, 3.8) is 0 Å². The van der Waals surface area contributed by atoms with Crippen LogP contribution >= 0.6 is 11.6 Å². The van der Waals surface area contributed by atoms with E-state index in [-0.39, 0.29) is 0 Å². The Morgan fingerprint density at radius 3 is 3.10 bits per heavy atom. The largest absolute Gasteiger partial charge is 0.338 e. The lowest BCUT2D eigenvalue weighted by Crippen LogP contribution is -2.22. The molecular weight excluding hydrogens is 276 g/mol. The summed E-state index contributed by atoms with van der Waals surface area (Å²) in [5, 5.41) is 4.68. The van der Waals surface area contributed by atoms with Gasteiger partial charge in [0.25, 0.3) is 0 Å². The lowest BCUT2D eigenvalue weighted by atomic mass is 10.1. The zero-order chi connectivity index (χ0) is 13.9. The summed E-state index contributed by atoms with van der Waals surface area (Å²) in [6, 6.07) is 7.45. The molecule has 0 amide bonds. The molecule has 5 nitrogen and oxygen atoms in total. The number of likely N-dealkylation sites (tertiary alicyclic amines) is 1. The lowest BCUT2D eigenvalue weighted by molar-refractivity contribution is 0.261. The highest BCUT2D eigenvalue weighted by Crippen LogP contribution is 2.21. The smallest absolute Gasteiger partial charge is 0.241 e. The second kappa shape index (κ2) is 5.91. The molecular formula is C14H17ClN4O. The third-order valence-electron chi connectivity index (χ3n) is 3.61. The maximum absolute atomic E-state index is 5.96. The Labute approximate surface area is 122 Å². The van der Waals surface area contributed by atoms with Gasteiger partial charge in [-0.25, -0.2) is 0 Å². The van der Waals surface area contributed by atoms with Crippen LogP contribution in [-0.4, -0.2) is 34.7 Å². The fraction of sp³-hybridized carbons (Fsp3) is 0.429. The van der Waals surface area contributed by atoms with Crippen molar-refractivity contribution in [2.45, 2.75) is 13.0 Å². The highest BCUT2D eigenvalue weighted by Gasteiger charge is 2.23. The van der Waals surface area contributed by atoms with Crippen LogP contribution in [0.3, 0.4) is 0 Å². The van der Waals surface area contributed by atoms with E-state index in [0.717, 1.165) is 31.6 Å². The standard InChI is InChI=1S/C14H17ClN4O/c15-12-3-1-2-11(6-12)14-17-13(20-18-14)9-19-5-4-10(7-16)8-19/h1-3,6,10H,4-5,7-9,16H2. The number of rotatable bonds is 4. The first kappa shape index (κ1) is 13.5. The second-order valence-electron chi connectivity index (χ2n) is 5.15. The van der Waals surface area contributed by atoms with Crippen LogP contribution in [0.2, 0.25) is 5.02 Å². The summed E-state index contributed by atoms with van der Waals surface area (Å²) in [5.41, 5.74) is 6.56. The minimum atomic E-state index is 0.581. The van der Waals surface area contributed by atoms with Crippen LogP contribution in [0.4, 0.5) is 0 Å². The molecule has 0 spiro atoms. The predicted molar refractivity (Wildman–Crippen MR) is 77.2 cm³/mol. The van der Waals surface area contributed by atoms with Crippen molar-refractivity contribution < 1.29 is 4.52 Å². The molecule has 1 aliphatic heterocycles. The molecule has 1 unspecified atom stereocenters. The Morgan fingerprint density at radius 2 is 2.35 bits per heavy atom. The molecule has 1 aromatic carbocycles. The summed E-state index contributed by atoms with van der Waals surface area (Å²) in [4.78, 5) is 6.73. The first-order chi connectivity index (χ1) is 9.74. The SMILES string of the molecule is NCC1CCN(Cc2nc(-c3cccc(Cl)c3)no2)C1. The summed E-state index contributed by atoms with van der Waals surface area (Å²) in [5.74, 6) is 1.81. The minimum Gasteiger partial charge on any atom is -0.338 e. The van der Waals surface area contributed by atoms with E-state index in [0.29, 0.717) is 29.2 Å².